The van der Waals surface area contributed by atoms with Gasteiger partial charge in [-0.25, -0.2) is 0 Å². The smallest absolute Gasteiger partial charge is 0.285 e. The molecule has 0 unspecified atom stereocenters. The van der Waals surface area contributed by atoms with Gasteiger partial charge in [0, 0.05) is 5.69 Å². The summed E-state index contributed by atoms with van der Waals surface area (Å²) < 4.78 is 11.3. The molecule has 2 N–H and O–H groups in total. The van der Waals surface area contributed by atoms with Crippen molar-refractivity contribution < 1.29 is 23.9 Å². The van der Waals surface area contributed by atoms with E-state index in [1.807, 2.05) is 31.2 Å². The van der Waals surface area contributed by atoms with E-state index in [0.717, 1.165) is 28.8 Å². The molecule has 0 spiro atoms. The molecule has 3 amide bonds. The molecular formula is C29H26ClN3O5S2. The van der Waals surface area contributed by atoms with E-state index in [0.29, 0.717) is 27.7 Å². The summed E-state index contributed by atoms with van der Waals surface area (Å²) in [5, 5.41) is 4.09. The molecule has 40 heavy (non-hydrogen) atoms. The average molecular weight is 596 g/mol. The van der Waals surface area contributed by atoms with Crippen LogP contribution in [0.2, 0.25) is 5.02 Å². The number of amides is 3. The lowest BCUT2D eigenvalue weighted by Gasteiger charge is -2.16. The summed E-state index contributed by atoms with van der Waals surface area (Å²) in [6, 6.07) is 17.7. The first-order valence-electron chi connectivity index (χ1n) is 12.2. The fraction of sp³-hybridized carbons (Fsp3) is 0.172. The second-order valence-electron chi connectivity index (χ2n) is 8.74. The molecule has 8 nitrogen and oxygen atoms in total. The van der Waals surface area contributed by atoms with E-state index >= 15 is 0 Å². The molecule has 0 aromatic heterocycles. The lowest BCUT2D eigenvalue weighted by atomic mass is 10.1. The number of nitrogens with zero attached hydrogens (tertiary/aromatic N) is 1. The van der Waals surface area contributed by atoms with Crippen LogP contribution in [0.4, 0.5) is 5.69 Å². The molecule has 0 atom stereocenters. The summed E-state index contributed by atoms with van der Waals surface area (Å²) in [5.41, 5.74) is 6.16. The fourth-order valence-electron chi connectivity index (χ4n) is 3.74. The molecule has 1 aliphatic rings. The Morgan fingerprint density at radius 3 is 2.50 bits per heavy atom. The number of hydrazine groups is 1. The van der Waals surface area contributed by atoms with Crippen LogP contribution in [0.1, 0.15) is 34.0 Å². The van der Waals surface area contributed by atoms with E-state index in [1.54, 1.807) is 42.5 Å². The number of halogens is 1. The Morgan fingerprint density at radius 1 is 1.07 bits per heavy atom. The van der Waals surface area contributed by atoms with E-state index in [1.165, 1.54) is 12.7 Å². The van der Waals surface area contributed by atoms with Crippen LogP contribution in [-0.2, 0) is 16.0 Å². The standard InChI is InChI=1S/C29H26ClN3O5S2/c1-4-18-6-9-20(10-7-18)31-26(34)16-38-23-12-8-19(14-24(23)37-3)15-25-28(36)33(29(39)40-25)32-27(35)21-11-5-17(2)13-22(21)30/h5-15H,4,16H2,1-3H3,(H,31,34)(H,32,35)/b25-15-. The van der Waals surface area contributed by atoms with Crippen LogP contribution in [0.15, 0.2) is 65.6 Å². The summed E-state index contributed by atoms with van der Waals surface area (Å²) in [7, 11) is 1.48. The Morgan fingerprint density at radius 2 is 1.82 bits per heavy atom. The molecule has 3 aromatic carbocycles. The second-order valence-corrected chi connectivity index (χ2v) is 10.8. The number of anilines is 1. The number of thioether (sulfide) groups is 1. The van der Waals surface area contributed by atoms with Gasteiger partial charge in [-0.05, 0) is 84.7 Å². The topological polar surface area (TPSA) is 97.0 Å². The molecule has 1 saturated heterocycles. The summed E-state index contributed by atoms with van der Waals surface area (Å²) in [6.07, 6.45) is 2.55. The van der Waals surface area contributed by atoms with Gasteiger partial charge in [0.25, 0.3) is 17.7 Å². The van der Waals surface area contributed by atoms with Crippen molar-refractivity contribution in [2.75, 3.05) is 19.0 Å². The second kappa shape index (κ2) is 13.0. The maximum absolute atomic E-state index is 13.0. The van der Waals surface area contributed by atoms with Gasteiger partial charge in [-0.1, -0.05) is 54.6 Å². The lowest BCUT2D eigenvalue weighted by molar-refractivity contribution is -0.123. The zero-order chi connectivity index (χ0) is 28.8. The number of carbonyl (C=O) groups excluding carboxylic acids is 3. The Kier molecular flexibility index (Phi) is 9.46. The van der Waals surface area contributed by atoms with Crippen LogP contribution < -0.4 is 20.2 Å². The van der Waals surface area contributed by atoms with E-state index in [4.69, 9.17) is 33.3 Å². The number of carbonyl (C=O) groups is 3. The van der Waals surface area contributed by atoms with Gasteiger partial charge in [0.15, 0.2) is 22.4 Å². The van der Waals surface area contributed by atoms with Crippen molar-refractivity contribution in [3.63, 3.8) is 0 Å². The van der Waals surface area contributed by atoms with Crippen molar-refractivity contribution in [1.82, 2.24) is 10.4 Å². The van der Waals surface area contributed by atoms with Gasteiger partial charge in [0.05, 0.1) is 22.6 Å². The molecule has 0 bridgehead atoms. The van der Waals surface area contributed by atoms with Crippen LogP contribution in [0.25, 0.3) is 6.08 Å². The maximum Gasteiger partial charge on any atom is 0.285 e. The summed E-state index contributed by atoms with van der Waals surface area (Å²) in [5.74, 6) is -0.590. The van der Waals surface area contributed by atoms with Crippen molar-refractivity contribution in [2.24, 2.45) is 0 Å². The number of benzene rings is 3. The molecule has 3 aromatic rings. The van der Waals surface area contributed by atoms with Crippen LogP contribution in [0.5, 0.6) is 11.5 Å². The third-order valence-corrected chi connectivity index (χ3v) is 7.48. The number of hydrogen-bond acceptors (Lipinski definition) is 7. The van der Waals surface area contributed by atoms with Gasteiger partial charge < -0.3 is 14.8 Å². The van der Waals surface area contributed by atoms with E-state index in [2.05, 4.69) is 17.7 Å². The normalized spacial score (nSPS) is 13.9. The van der Waals surface area contributed by atoms with Gasteiger partial charge in [-0.2, -0.15) is 5.01 Å². The Labute approximate surface area is 246 Å². The van der Waals surface area contributed by atoms with Gasteiger partial charge >= 0.3 is 0 Å². The molecule has 1 fully saturated rings. The highest BCUT2D eigenvalue weighted by atomic mass is 35.5. The molecule has 4 rings (SSSR count). The zero-order valence-corrected chi connectivity index (χ0v) is 24.3. The molecule has 1 aliphatic heterocycles. The number of hydrogen-bond donors (Lipinski definition) is 2. The monoisotopic (exact) mass is 595 g/mol. The first-order chi connectivity index (χ1) is 19.2. The van der Waals surface area contributed by atoms with E-state index < -0.39 is 11.8 Å². The van der Waals surface area contributed by atoms with Crippen molar-refractivity contribution >= 4 is 69.4 Å². The fourth-order valence-corrected chi connectivity index (χ4v) is 5.24. The first-order valence-corrected chi connectivity index (χ1v) is 13.8. The number of methoxy groups -OCH3 is 1. The highest BCUT2D eigenvalue weighted by Crippen LogP contribution is 2.34. The SMILES string of the molecule is CCc1ccc(NC(=O)COc2ccc(/C=C3\SC(=S)N(NC(=O)c4ccc(C)cc4Cl)C3=O)cc2OC)cc1. The number of nitrogens with one attached hydrogen (secondary N) is 2. The lowest BCUT2D eigenvalue weighted by Crippen LogP contribution is -2.44. The van der Waals surface area contributed by atoms with Gasteiger partial charge in [0.1, 0.15) is 0 Å². The maximum atomic E-state index is 13.0. The summed E-state index contributed by atoms with van der Waals surface area (Å²) in [4.78, 5) is 38.4. The third-order valence-electron chi connectivity index (χ3n) is 5.87. The minimum atomic E-state index is -0.548. The average Bonchev–Trinajstić information content (AvgIpc) is 3.19. The minimum Gasteiger partial charge on any atom is -0.493 e. The number of rotatable bonds is 9. The summed E-state index contributed by atoms with van der Waals surface area (Å²) in [6.45, 7) is 3.71. The van der Waals surface area contributed by atoms with Crippen molar-refractivity contribution in [3.8, 4) is 11.5 Å². The predicted octanol–water partition coefficient (Wildman–Crippen LogP) is 5.78. The highest BCUT2D eigenvalue weighted by Gasteiger charge is 2.34. The highest BCUT2D eigenvalue weighted by molar-refractivity contribution is 8.26. The molecule has 11 heteroatoms. The summed E-state index contributed by atoms with van der Waals surface area (Å²) >= 11 is 12.6. The number of ether oxygens (including phenoxy) is 2. The predicted molar refractivity (Wildman–Crippen MR) is 162 cm³/mol. The molecule has 0 radical (unpaired) electrons. The van der Waals surface area contributed by atoms with Crippen LogP contribution >= 0.6 is 35.6 Å². The number of aryl methyl sites for hydroxylation is 2. The molecule has 206 valence electrons. The number of thiocarbonyl (C=S) groups is 1. The Balaban J connectivity index is 1.40. The largest absolute Gasteiger partial charge is 0.493 e. The van der Waals surface area contributed by atoms with E-state index in [-0.39, 0.29) is 27.4 Å². The Bertz CT molecular complexity index is 1510. The van der Waals surface area contributed by atoms with Crippen molar-refractivity contribution in [3.05, 3.63) is 92.8 Å². The van der Waals surface area contributed by atoms with Crippen molar-refractivity contribution in [1.29, 1.82) is 0 Å². The van der Waals surface area contributed by atoms with Crippen LogP contribution in [-0.4, -0.2) is 40.8 Å². The third kappa shape index (κ3) is 7.01. The van der Waals surface area contributed by atoms with Crippen LogP contribution in [0.3, 0.4) is 0 Å². The van der Waals surface area contributed by atoms with Gasteiger partial charge in [0.2, 0.25) is 0 Å². The van der Waals surface area contributed by atoms with E-state index in [9.17, 15) is 14.4 Å². The van der Waals surface area contributed by atoms with Gasteiger partial charge in [-0.15, -0.1) is 0 Å². The molecular weight excluding hydrogens is 570 g/mol. The molecule has 1 heterocycles. The Hall–Kier alpha value is -3.86. The molecule has 0 saturated carbocycles. The van der Waals surface area contributed by atoms with Crippen LogP contribution in [0, 0.1) is 6.92 Å². The minimum absolute atomic E-state index is 0.176. The quantitative estimate of drug-likeness (QED) is 0.239. The van der Waals surface area contributed by atoms with Gasteiger partial charge in [-0.3, -0.25) is 19.8 Å². The molecule has 0 aliphatic carbocycles. The van der Waals surface area contributed by atoms with Crippen molar-refractivity contribution in [2.45, 2.75) is 20.3 Å². The first kappa shape index (κ1) is 29.1. The zero-order valence-electron chi connectivity index (χ0n) is 21.9.